The summed E-state index contributed by atoms with van der Waals surface area (Å²) in [5.74, 6) is 0.912. The van der Waals surface area contributed by atoms with E-state index in [0.717, 1.165) is 10.8 Å². The highest BCUT2D eigenvalue weighted by Gasteiger charge is 2.17. The molecule has 4 rings (SSSR count). The van der Waals surface area contributed by atoms with Gasteiger partial charge in [-0.2, -0.15) is 5.10 Å². The summed E-state index contributed by atoms with van der Waals surface area (Å²) in [6.45, 7) is 0. The van der Waals surface area contributed by atoms with Crippen molar-refractivity contribution in [1.82, 2.24) is 5.43 Å². The molecule has 4 aromatic rings. The first-order chi connectivity index (χ1) is 18.5. The summed E-state index contributed by atoms with van der Waals surface area (Å²) in [5, 5.41) is 5.84. The fraction of sp³-hybridized carbons (Fsp3) is 0.138. The molecule has 0 aliphatic rings. The van der Waals surface area contributed by atoms with Gasteiger partial charge in [-0.25, -0.2) is 10.2 Å². The van der Waals surface area contributed by atoms with Crippen molar-refractivity contribution in [3.63, 3.8) is 0 Å². The number of esters is 1. The molecule has 4 aromatic carbocycles. The van der Waals surface area contributed by atoms with E-state index in [1.165, 1.54) is 39.7 Å². The van der Waals surface area contributed by atoms with Gasteiger partial charge in [0.15, 0.2) is 11.5 Å². The van der Waals surface area contributed by atoms with Gasteiger partial charge in [-0.1, -0.05) is 30.3 Å². The number of nitrogens with one attached hydrogen (secondary N) is 1. The molecule has 0 saturated carbocycles. The van der Waals surface area contributed by atoms with Crippen LogP contribution in [-0.4, -0.2) is 46.5 Å². The zero-order chi connectivity index (χ0) is 27.1. The minimum absolute atomic E-state index is 0.251. The van der Waals surface area contributed by atoms with Crippen molar-refractivity contribution in [2.24, 2.45) is 5.10 Å². The molecule has 0 saturated heterocycles. The van der Waals surface area contributed by atoms with Crippen LogP contribution in [-0.2, 0) is 0 Å². The van der Waals surface area contributed by atoms with Crippen LogP contribution in [0.4, 0.5) is 0 Å². The van der Waals surface area contributed by atoms with Crippen LogP contribution in [0, 0.1) is 0 Å². The van der Waals surface area contributed by atoms with Gasteiger partial charge in [0.25, 0.3) is 5.91 Å². The Morgan fingerprint density at radius 3 is 2.05 bits per heavy atom. The predicted octanol–water partition coefficient (Wildman–Crippen LogP) is 4.86. The van der Waals surface area contributed by atoms with E-state index in [2.05, 4.69) is 10.5 Å². The first-order valence-electron chi connectivity index (χ1n) is 11.5. The van der Waals surface area contributed by atoms with Gasteiger partial charge in [0, 0.05) is 11.1 Å². The van der Waals surface area contributed by atoms with E-state index >= 15 is 0 Å². The Bertz CT molecular complexity index is 1470. The number of carbonyl (C=O) groups is 2. The van der Waals surface area contributed by atoms with Gasteiger partial charge in [0.1, 0.15) is 11.5 Å². The first-order valence-corrected chi connectivity index (χ1v) is 11.5. The number of hydrogen-bond acceptors (Lipinski definition) is 8. The second kappa shape index (κ2) is 11.8. The highest BCUT2D eigenvalue weighted by molar-refractivity contribution is 6.04. The van der Waals surface area contributed by atoms with Gasteiger partial charge in [-0.05, 0) is 53.2 Å². The van der Waals surface area contributed by atoms with Crippen LogP contribution in [0.1, 0.15) is 26.3 Å². The molecule has 1 amide bonds. The molecule has 0 fully saturated rings. The van der Waals surface area contributed by atoms with E-state index < -0.39 is 11.9 Å². The molecular formula is C29H26N2O7. The highest BCUT2D eigenvalue weighted by atomic mass is 16.5. The quantitative estimate of drug-likeness (QED) is 0.147. The number of benzene rings is 4. The van der Waals surface area contributed by atoms with Crippen molar-refractivity contribution in [2.75, 3.05) is 28.4 Å². The summed E-state index contributed by atoms with van der Waals surface area (Å²) in [7, 11) is 5.96. The van der Waals surface area contributed by atoms with Gasteiger partial charge in [0.05, 0.1) is 40.2 Å². The molecule has 0 unspecified atom stereocenters. The molecule has 0 bridgehead atoms. The first kappa shape index (κ1) is 26.0. The van der Waals surface area contributed by atoms with E-state index in [9.17, 15) is 9.59 Å². The summed E-state index contributed by atoms with van der Waals surface area (Å²) in [6, 6.07) is 20.7. The number of rotatable bonds is 9. The molecule has 1 N–H and O–H groups in total. The molecule has 0 aliphatic carbocycles. The van der Waals surface area contributed by atoms with Gasteiger partial charge >= 0.3 is 5.97 Å². The molecular weight excluding hydrogens is 488 g/mol. The minimum atomic E-state index is -0.543. The van der Waals surface area contributed by atoms with Crippen molar-refractivity contribution in [1.29, 1.82) is 0 Å². The molecule has 0 atom stereocenters. The van der Waals surface area contributed by atoms with Gasteiger partial charge < -0.3 is 23.7 Å². The number of nitrogens with zero attached hydrogens (tertiary/aromatic N) is 1. The maximum absolute atomic E-state index is 12.9. The maximum Gasteiger partial charge on any atom is 0.343 e. The number of hydrazone groups is 1. The molecule has 38 heavy (non-hydrogen) atoms. The Labute approximate surface area is 219 Å². The smallest absolute Gasteiger partial charge is 0.343 e. The van der Waals surface area contributed by atoms with E-state index in [1.807, 2.05) is 30.3 Å². The molecule has 0 aromatic heterocycles. The summed E-state index contributed by atoms with van der Waals surface area (Å²) >= 11 is 0. The average molecular weight is 515 g/mol. The molecule has 194 valence electrons. The van der Waals surface area contributed by atoms with E-state index in [0.29, 0.717) is 34.1 Å². The monoisotopic (exact) mass is 514 g/mol. The number of carbonyl (C=O) groups excluding carboxylic acids is 2. The number of methoxy groups -OCH3 is 4. The van der Waals surface area contributed by atoms with Crippen molar-refractivity contribution >= 4 is 28.9 Å². The second-order valence-corrected chi connectivity index (χ2v) is 7.93. The molecule has 9 nitrogen and oxygen atoms in total. The number of ether oxygens (including phenoxy) is 5. The van der Waals surface area contributed by atoms with Crippen LogP contribution in [0.3, 0.4) is 0 Å². The molecule has 0 heterocycles. The van der Waals surface area contributed by atoms with Crippen LogP contribution < -0.4 is 29.1 Å². The molecule has 9 heteroatoms. The Kier molecular flexibility index (Phi) is 8.07. The lowest BCUT2D eigenvalue weighted by Gasteiger charge is -2.13. The summed E-state index contributed by atoms with van der Waals surface area (Å²) in [5.41, 5.74) is 3.63. The Morgan fingerprint density at radius 1 is 0.737 bits per heavy atom. The highest BCUT2D eigenvalue weighted by Crippen LogP contribution is 2.38. The zero-order valence-electron chi connectivity index (χ0n) is 21.3. The number of amides is 1. The van der Waals surface area contributed by atoms with Crippen LogP contribution in [0.2, 0.25) is 0 Å². The Morgan fingerprint density at radius 2 is 1.42 bits per heavy atom. The van der Waals surface area contributed by atoms with E-state index in [1.54, 1.807) is 37.4 Å². The van der Waals surface area contributed by atoms with E-state index in [4.69, 9.17) is 23.7 Å². The van der Waals surface area contributed by atoms with Gasteiger partial charge in [0.2, 0.25) is 5.75 Å². The lowest BCUT2D eigenvalue weighted by Crippen LogP contribution is -2.18. The maximum atomic E-state index is 12.9. The minimum Gasteiger partial charge on any atom is -0.497 e. The fourth-order valence-electron chi connectivity index (χ4n) is 3.82. The number of fused-ring (bicyclic) bond motifs is 1. The second-order valence-electron chi connectivity index (χ2n) is 7.93. The average Bonchev–Trinajstić information content (AvgIpc) is 2.96. The predicted molar refractivity (Wildman–Crippen MR) is 143 cm³/mol. The number of hydrogen-bond donors (Lipinski definition) is 1. The van der Waals surface area contributed by atoms with Crippen molar-refractivity contribution < 1.29 is 33.3 Å². The van der Waals surface area contributed by atoms with Crippen molar-refractivity contribution in [3.05, 3.63) is 89.5 Å². The van der Waals surface area contributed by atoms with Crippen LogP contribution in [0.25, 0.3) is 10.8 Å². The zero-order valence-corrected chi connectivity index (χ0v) is 21.3. The molecule has 0 aliphatic heterocycles. The summed E-state index contributed by atoms with van der Waals surface area (Å²) in [4.78, 5) is 25.7. The lowest BCUT2D eigenvalue weighted by atomic mass is 10.0. The van der Waals surface area contributed by atoms with Crippen LogP contribution in [0.15, 0.2) is 77.9 Å². The van der Waals surface area contributed by atoms with Crippen molar-refractivity contribution in [2.45, 2.75) is 0 Å². The molecule has 0 spiro atoms. The third kappa shape index (κ3) is 5.52. The van der Waals surface area contributed by atoms with Gasteiger partial charge in [-0.3, -0.25) is 4.79 Å². The lowest BCUT2D eigenvalue weighted by molar-refractivity contribution is 0.0734. The van der Waals surface area contributed by atoms with E-state index in [-0.39, 0.29) is 11.3 Å². The van der Waals surface area contributed by atoms with Gasteiger partial charge in [-0.15, -0.1) is 0 Å². The Balaban J connectivity index is 1.62. The van der Waals surface area contributed by atoms with Crippen LogP contribution >= 0.6 is 0 Å². The van der Waals surface area contributed by atoms with Crippen LogP contribution in [0.5, 0.6) is 28.7 Å². The largest absolute Gasteiger partial charge is 0.497 e. The SMILES string of the molecule is COc1ccc(C(=O)Oc2ccc3ccccc3c2/C=N\NC(=O)c2cc(OC)c(OC)c(OC)c2)cc1. The fourth-order valence-corrected chi connectivity index (χ4v) is 3.82. The normalized spacial score (nSPS) is 10.7. The standard InChI is InChI=1S/C29H26N2O7/c1-34-21-12-9-19(10-13-21)29(33)38-24-14-11-18-7-5-6-8-22(18)23(24)17-30-31-28(32)20-15-25(35-2)27(37-4)26(16-20)36-3/h5-17H,1-4H3,(H,31,32)/b30-17-. The topological polar surface area (TPSA) is 105 Å². The summed E-state index contributed by atoms with van der Waals surface area (Å²) in [6.07, 6.45) is 1.44. The molecule has 0 radical (unpaired) electrons. The Hall–Kier alpha value is -5.05. The third-order valence-electron chi connectivity index (χ3n) is 5.75. The summed E-state index contributed by atoms with van der Waals surface area (Å²) < 4.78 is 26.8. The third-order valence-corrected chi connectivity index (χ3v) is 5.75. The van der Waals surface area contributed by atoms with Crippen molar-refractivity contribution in [3.8, 4) is 28.7 Å².